The van der Waals surface area contributed by atoms with E-state index >= 15 is 0 Å². The van der Waals surface area contributed by atoms with E-state index in [2.05, 4.69) is 38.0 Å². The van der Waals surface area contributed by atoms with Crippen molar-refractivity contribution in [1.29, 1.82) is 0 Å². The number of hydrogen-bond acceptors (Lipinski definition) is 7. The van der Waals surface area contributed by atoms with Crippen LogP contribution in [0.2, 0.25) is 0 Å². The Morgan fingerprint density at radius 3 is 2.95 bits per heavy atom. The summed E-state index contributed by atoms with van der Waals surface area (Å²) in [6.07, 6.45) is 3.29. The first-order valence-electron chi connectivity index (χ1n) is 6.74. The minimum absolute atomic E-state index is 0.273. The van der Waals surface area contributed by atoms with Gasteiger partial charge in [-0.15, -0.1) is 15.3 Å². The summed E-state index contributed by atoms with van der Waals surface area (Å²) in [4.78, 5) is 12.4. The van der Waals surface area contributed by atoms with Crippen molar-refractivity contribution in [3.05, 3.63) is 41.2 Å². The van der Waals surface area contributed by atoms with Gasteiger partial charge in [0.05, 0.1) is 11.3 Å². The molecule has 0 saturated carbocycles. The zero-order valence-electron chi connectivity index (χ0n) is 11.8. The first-order chi connectivity index (χ1) is 10.8. The van der Waals surface area contributed by atoms with E-state index in [1.165, 1.54) is 22.3 Å². The summed E-state index contributed by atoms with van der Waals surface area (Å²) in [6.45, 7) is 2.07. The van der Waals surface area contributed by atoms with E-state index in [-0.39, 0.29) is 5.91 Å². The van der Waals surface area contributed by atoms with Gasteiger partial charge in [0.15, 0.2) is 0 Å². The van der Waals surface area contributed by atoms with E-state index < -0.39 is 0 Å². The molecule has 0 aliphatic rings. The lowest BCUT2D eigenvalue weighted by Crippen LogP contribution is -2.15. The van der Waals surface area contributed by atoms with Crippen molar-refractivity contribution in [1.82, 2.24) is 30.4 Å². The van der Waals surface area contributed by atoms with Gasteiger partial charge in [0.25, 0.3) is 5.91 Å². The third-order valence-corrected chi connectivity index (χ3v) is 3.79. The largest absolute Gasteiger partial charge is 0.296 e. The summed E-state index contributed by atoms with van der Waals surface area (Å²) in [6, 6.07) is 7.08. The second-order valence-electron chi connectivity index (χ2n) is 4.48. The highest BCUT2D eigenvalue weighted by molar-refractivity contribution is 7.15. The van der Waals surface area contributed by atoms with E-state index in [1.807, 2.05) is 6.07 Å². The van der Waals surface area contributed by atoms with Gasteiger partial charge in [-0.2, -0.15) is 4.68 Å². The fraction of sp³-hybridized carbons (Fsp3) is 0.231. The van der Waals surface area contributed by atoms with Crippen molar-refractivity contribution >= 4 is 22.4 Å². The van der Waals surface area contributed by atoms with Gasteiger partial charge in [0.1, 0.15) is 11.3 Å². The molecule has 0 saturated heterocycles. The third-order valence-electron chi connectivity index (χ3n) is 2.90. The molecule has 22 heavy (non-hydrogen) atoms. The molecule has 0 unspecified atom stereocenters. The number of hydrogen-bond donors (Lipinski definition) is 1. The van der Waals surface area contributed by atoms with Crippen LogP contribution in [-0.4, -0.2) is 36.3 Å². The molecule has 112 valence electrons. The maximum atomic E-state index is 12.4. The molecule has 0 aliphatic carbocycles. The van der Waals surface area contributed by atoms with Gasteiger partial charge in [-0.25, -0.2) is 0 Å². The van der Waals surface area contributed by atoms with Crippen LogP contribution in [0.4, 0.5) is 5.13 Å². The number of carbonyl (C=O) groups excluding carboxylic acids is 1. The smallest absolute Gasteiger partial charge is 0.259 e. The third kappa shape index (κ3) is 2.98. The molecule has 2 heterocycles. The van der Waals surface area contributed by atoms with E-state index in [1.54, 1.807) is 18.2 Å². The van der Waals surface area contributed by atoms with Crippen LogP contribution in [0.5, 0.6) is 0 Å². The molecule has 0 spiro atoms. The summed E-state index contributed by atoms with van der Waals surface area (Å²) >= 11 is 1.38. The fourth-order valence-corrected chi connectivity index (χ4v) is 2.76. The molecule has 3 rings (SSSR count). The zero-order valence-corrected chi connectivity index (χ0v) is 12.6. The normalized spacial score (nSPS) is 10.6. The number of tetrazole rings is 1. The van der Waals surface area contributed by atoms with Crippen LogP contribution in [0.15, 0.2) is 30.6 Å². The number of para-hydroxylation sites is 1. The van der Waals surface area contributed by atoms with E-state index in [0.717, 1.165) is 17.8 Å². The quantitative estimate of drug-likeness (QED) is 0.769. The molecule has 0 aliphatic heterocycles. The van der Waals surface area contributed by atoms with Crippen LogP contribution in [-0.2, 0) is 6.42 Å². The number of benzene rings is 1. The Labute approximate surface area is 130 Å². The Kier molecular flexibility index (Phi) is 4.15. The summed E-state index contributed by atoms with van der Waals surface area (Å²) < 4.78 is 1.44. The summed E-state index contributed by atoms with van der Waals surface area (Å²) in [7, 11) is 0. The zero-order chi connectivity index (χ0) is 15.4. The van der Waals surface area contributed by atoms with Gasteiger partial charge in [0, 0.05) is 6.42 Å². The van der Waals surface area contributed by atoms with Crippen molar-refractivity contribution in [2.75, 3.05) is 5.32 Å². The number of anilines is 1. The molecule has 2 aromatic heterocycles. The van der Waals surface area contributed by atoms with Gasteiger partial charge >= 0.3 is 0 Å². The van der Waals surface area contributed by atoms with E-state index in [4.69, 9.17) is 0 Å². The highest BCUT2D eigenvalue weighted by Gasteiger charge is 2.15. The highest BCUT2D eigenvalue weighted by Crippen LogP contribution is 2.19. The molecule has 8 nitrogen and oxygen atoms in total. The van der Waals surface area contributed by atoms with Crippen molar-refractivity contribution < 1.29 is 4.79 Å². The van der Waals surface area contributed by atoms with Crippen LogP contribution < -0.4 is 5.32 Å². The van der Waals surface area contributed by atoms with Crippen molar-refractivity contribution in [2.45, 2.75) is 19.8 Å². The van der Waals surface area contributed by atoms with Gasteiger partial charge in [0.2, 0.25) is 5.13 Å². The first kappa shape index (κ1) is 14.3. The number of nitrogens with one attached hydrogen (secondary N) is 1. The van der Waals surface area contributed by atoms with Gasteiger partial charge in [-0.1, -0.05) is 30.4 Å². The fourth-order valence-electron chi connectivity index (χ4n) is 1.92. The van der Waals surface area contributed by atoms with E-state index in [9.17, 15) is 4.79 Å². The summed E-state index contributed by atoms with van der Waals surface area (Å²) in [5, 5.41) is 23.2. The highest BCUT2D eigenvalue weighted by atomic mass is 32.1. The predicted octanol–water partition coefficient (Wildman–Crippen LogP) is 1.72. The SMILES string of the molecule is CCCc1nnc(NC(=O)c2ccccc2-n2cnnn2)s1. The van der Waals surface area contributed by atoms with Crippen LogP contribution in [0.25, 0.3) is 5.69 Å². The van der Waals surface area contributed by atoms with Gasteiger partial charge < -0.3 is 0 Å². The van der Waals surface area contributed by atoms with Crippen LogP contribution in [0.3, 0.4) is 0 Å². The van der Waals surface area contributed by atoms with Gasteiger partial charge in [-0.3, -0.25) is 10.1 Å². The molecule has 0 fully saturated rings. The minimum atomic E-state index is -0.273. The average molecular weight is 315 g/mol. The Bertz CT molecular complexity index is 768. The molecule has 1 N–H and O–H groups in total. The second-order valence-corrected chi connectivity index (χ2v) is 5.54. The molecule has 1 aromatic carbocycles. The number of nitrogens with zero attached hydrogens (tertiary/aromatic N) is 6. The molecule has 0 bridgehead atoms. The molecule has 1 amide bonds. The summed E-state index contributed by atoms with van der Waals surface area (Å²) in [5.74, 6) is -0.273. The van der Waals surface area contributed by atoms with Gasteiger partial charge in [-0.05, 0) is 29.0 Å². The molecule has 3 aromatic rings. The van der Waals surface area contributed by atoms with Crippen LogP contribution >= 0.6 is 11.3 Å². The number of aryl methyl sites for hydroxylation is 1. The topological polar surface area (TPSA) is 98.5 Å². The Hall–Kier alpha value is -2.68. The lowest BCUT2D eigenvalue weighted by Gasteiger charge is -2.07. The maximum absolute atomic E-state index is 12.4. The van der Waals surface area contributed by atoms with Crippen molar-refractivity contribution in [3.63, 3.8) is 0 Å². The average Bonchev–Trinajstić information content (AvgIpc) is 3.19. The Morgan fingerprint density at radius 2 is 2.18 bits per heavy atom. The summed E-state index contributed by atoms with van der Waals surface area (Å²) in [5.41, 5.74) is 1.06. The molecular weight excluding hydrogens is 302 g/mol. The number of rotatable bonds is 5. The molecule has 0 radical (unpaired) electrons. The maximum Gasteiger partial charge on any atom is 0.259 e. The monoisotopic (exact) mass is 315 g/mol. The van der Waals surface area contributed by atoms with Crippen molar-refractivity contribution in [2.24, 2.45) is 0 Å². The number of carbonyl (C=O) groups is 1. The molecule has 0 atom stereocenters. The standard InChI is InChI=1S/C13H13N7OS/c1-2-5-11-16-17-13(22-11)15-12(21)9-6-3-4-7-10(9)20-8-14-18-19-20/h3-4,6-8H,2,5H2,1H3,(H,15,17,21). The molecular formula is C13H13N7OS. The Balaban J connectivity index is 1.83. The number of aromatic nitrogens is 6. The van der Waals surface area contributed by atoms with Crippen LogP contribution in [0, 0.1) is 0 Å². The van der Waals surface area contributed by atoms with Crippen molar-refractivity contribution in [3.8, 4) is 5.69 Å². The number of amides is 1. The second kappa shape index (κ2) is 6.39. The Morgan fingerprint density at radius 1 is 1.32 bits per heavy atom. The van der Waals surface area contributed by atoms with Crippen LogP contribution in [0.1, 0.15) is 28.7 Å². The lowest BCUT2D eigenvalue weighted by atomic mass is 10.1. The molecule has 9 heteroatoms. The lowest BCUT2D eigenvalue weighted by molar-refractivity contribution is 0.102. The van der Waals surface area contributed by atoms with E-state index in [0.29, 0.717) is 16.4 Å². The predicted molar refractivity (Wildman–Crippen MR) is 81.0 cm³/mol. The first-order valence-corrected chi connectivity index (χ1v) is 7.55. The minimum Gasteiger partial charge on any atom is -0.296 e.